The smallest absolute Gasteiger partial charge is 0.257 e. The molecule has 0 aliphatic carbocycles. The van der Waals surface area contributed by atoms with Crippen LogP contribution in [-0.2, 0) is 4.79 Å². The van der Waals surface area contributed by atoms with Gasteiger partial charge in [-0.2, -0.15) is 5.26 Å². The van der Waals surface area contributed by atoms with E-state index in [4.69, 9.17) is 15.7 Å². The van der Waals surface area contributed by atoms with Gasteiger partial charge in [0, 0.05) is 13.1 Å². The zero-order valence-electron chi connectivity index (χ0n) is 9.20. The molecule has 0 fully saturated rings. The Hall–Kier alpha value is -2.22. The molecule has 0 saturated heterocycles. The minimum absolute atomic E-state index is 0.0786. The first kappa shape index (κ1) is 11.9. The Morgan fingerprint density at radius 2 is 2.31 bits per heavy atom. The van der Waals surface area contributed by atoms with Gasteiger partial charge in [-0.05, 0) is 18.6 Å². The second-order valence-electron chi connectivity index (χ2n) is 3.28. The number of nitrogens with two attached hydrogens (primary N) is 1. The first-order valence-corrected chi connectivity index (χ1v) is 4.72. The molecule has 16 heavy (non-hydrogen) atoms. The number of anilines is 1. The molecule has 0 bridgehead atoms. The number of nitrogen functional groups attached to an aromatic ring is 1. The molecule has 3 N–H and O–H groups in total. The summed E-state index contributed by atoms with van der Waals surface area (Å²) in [4.78, 5) is 11.0. The van der Waals surface area contributed by atoms with Gasteiger partial charge in [0.15, 0.2) is 6.61 Å². The third-order valence-corrected chi connectivity index (χ3v) is 2.13. The van der Waals surface area contributed by atoms with Crippen LogP contribution in [0.1, 0.15) is 11.1 Å². The summed E-state index contributed by atoms with van der Waals surface area (Å²) in [6, 6.07) is 5.19. The predicted octanol–water partition coefficient (Wildman–Crippen LogP) is 0.574. The molecule has 0 aliphatic heterocycles. The molecule has 1 amide bonds. The summed E-state index contributed by atoms with van der Waals surface area (Å²) in [5.74, 6) is 0.236. The number of aryl methyl sites for hydroxylation is 1. The SMILES string of the molecule is CNC(=O)COc1cc(C)c(N)c(C#N)c1. The van der Waals surface area contributed by atoms with Crippen molar-refractivity contribution in [3.05, 3.63) is 23.3 Å². The zero-order chi connectivity index (χ0) is 12.1. The van der Waals surface area contributed by atoms with E-state index in [1.54, 1.807) is 13.0 Å². The van der Waals surface area contributed by atoms with Crippen molar-refractivity contribution in [3.63, 3.8) is 0 Å². The van der Waals surface area contributed by atoms with Gasteiger partial charge in [0.05, 0.1) is 11.3 Å². The second kappa shape index (κ2) is 5.03. The first-order chi connectivity index (χ1) is 7.58. The van der Waals surface area contributed by atoms with Gasteiger partial charge in [-0.1, -0.05) is 0 Å². The molecule has 0 saturated carbocycles. The molecule has 0 spiro atoms. The maximum absolute atomic E-state index is 11.0. The van der Waals surface area contributed by atoms with Crippen LogP contribution in [0.5, 0.6) is 5.75 Å². The summed E-state index contributed by atoms with van der Waals surface area (Å²) in [5, 5.41) is 11.3. The van der Waals surface area contributed by atoms with Crippen LogP contribution in [0, 0.1) is 18.3 Å². The van der Waals surface area contributed by atoms with E-state index in [0.29, 0.717) is 17.0 Å². The normalized spacial score (nSPS) is 9.31. The average molecular weight is 219 g/mol. The lowest BCUT2D eigenvalue weighted by atomic mass is 10.1. The van der Waals surface area contributed by atoms with E-state index in [2.05, 4.69) is 5.32 Å². The maximum atomic E-state index is 11.0. The van der Waals surface area contributed by atoms with E-state index >= 15 is 0 Å². The van der Waals surface area contributed by atoms with E-state index in [0.717, 1.165) is 5.56 Å². The largest absolute Gasteiger partial charge is 0.484 e. The molecule has 0 aliphatic rings. The van der Waals surface area contributed by atoms with Gasteiger partial charge in [-0.3, -0.25) is 4.79 Å². The van der Waals surface area contributed by atoms with Crippen LogP contribution in [0.2, 0.25) is 0 Å². The van der Waals surface area contributed by atoms with Crippen LogP contribution >= 0.6 is 0 Å². The van der Waals surface area contributed by atoms with E-state index < -0.39 is 0 Å². The lowest BCUT2D eigenvalue weighted by Crippen LogP contribution is -2.24. The maximum Gasteiger partial charge on any atom is 0.257 e. The number of nitriles is 1. The molecule has 0 radical (unpaired) electrons. The molecular weight excluding hydrogens is 206 g/mol. The quantitative estimate of drug-likeness (QED) is 0.727. The number of carbonyl (C=O) groups is 1. The molecule has 1 rings (SSSR count). The van der Waals surface area contributed by atoms with Crippen LogP contribution < -0.4 is 15.8 Å². The highest BCUT2D eigenvalue weighted by Gasteiger charge is 2.06. The van der Waals surface area contributed by atoms with Crippen molar-refractivity contribution >= 4 is 11.6 Å². The fraction of sp³-hybridized carbons (Fsp3) is 0.273. The average Bonchev–Trinajstić information content (AvgIpc) is 2.29. The molecule has 5 nitrogen and oxygen atoms in total. The summed E-state index contributed by atoms with van der Waals surface area (Å²) < 4.78 is 5.22. The molecule has 5 heteroatoms. The standard InChI is InChI=1S/C11H13N3O2/c1-7-3-9(16-6-10(15)14-2)4-8(5-12)11(7)13/h3-4H,6,13H2,1-2H3,(H,14,15). The van der Waals surface area contributed by atoms with Crippen molar-refractivity contribution in [1.29, 1.82) is 5.26 Å². The highest BCUT2D eigenvalue weighted by Crippen LogP contribution is 2.23. The van der Waals surface area contributed by atoms with Crippen LogP contribution in [0.15, 0.2) is 12.1 Å². The highest BCUT2D eigenvalue weighted by molar-refractivity contribution is 5.77. The highest BCUT2D eigenvalue weighted by atomic mass is 16.5. The molecule has 0 aromatic heterocycles. The summed E-state index contributed by atoms with van der Waals surface area (Å²) in [5.41, 5.74) is 7.24. The Kier molecular flexibility index (Phi) is 3.72. The van der Waals surface area contributed by atoms with Crippen molar-refractivity contribution in [2.75, 3.05) is 19.4 Å². The molecule has 0 unspecified atom stereocenters. The zero-order valence-corrected chi connectivity index (χ0v) is 9.20. The van der Waals surface area contributed by atoms with Crippen molar-refractivity contribution in [3.8, 4) is 11.8 Å². The van der Waals surface area contributed by atoms with Gasteiger partial charge in [0.2, 0.25) is 0 Å². The van der Waals surface area contributed by atoms with Gasteiger partial charge in [-0.25, -0.2) is 0 Å². The molecular formula is C11H13N3O2. The van der Waals surface area contributed by atoms with E-state index in [-0.39, 0.29) is 12.5 Å². The Morgan fingerprint density at radius 1 is 1.62 bits per heavy atom. The molecule has 84 valence electrons. The van der Waals surface area contributed by atoms with Gasteiger partial charge < -0.3 is 15.8 Å². The number of hydrogen-bond donors (Lipinski definition) is 2. The predicted molar refractivity (Wildman–Crippen MR) is 59.9 cm³/mol. The lowest BCUT2D eigenvalue weighted by molar-refractivity contribution is -0.122. The van der Waals surface area contributed by atoms with E-state index in [9.17, 15) is 4.79 Å². The van der Waals surface area contributed by atoms with Gasteiger partial charge in [-0.15, -0.1) is 0 Å². The van der Waals surface area contributed by atoms with Crippen molar-refractivity contribution in [1.82, 2.24) is 5.32 Å². The third-order valence-electron chi connectivity index (χ3n) is 2.13. The number of benzene rings is 1. The van der Waals surface area contributed by atoms with Crippen molar-refractivity contribution < 1.29 is 9.53 Å². The fourth-order valence-corrected chi connectivity index (χ4v) is 1.16. The Labute approximate surface area is 93.8 Å². The Morgan fingerprint density at radius 3 is 2.88 bits per heavy atom. The van der Waals surface area contributed by atoms with Crippen LogP contribution in [0.3, 0.4) is 0 Å². The third kappa shape index (κ3) is 2.64. The van der Waals surface area contributed by atoms with Crippen LogP contribution in [-0.4, -0.2) is 19.6 Å². The number of ether oxygens (including phenoxy) is 1. The number of nitrogens with one attached hydrogen (secondary N) is 1. The first-order valence-electron chi connectivity index (χ1n) is 4.72. The summed E-state index contributed by atoms with van der Waals surface area (Å²) in [7, 11) is 1.53. The van der Waals surface area contributed by atoms with Gasteiger partial charge in [0.25, 0.3) is 5.91 Å². The number of rotatable bonds is 3. The van der Waals surface area contributed by atoms with Crippen LogP contribution in [0.25, 0.3) is 0 Å². The second-order valence-corrected chi connectivity index (χ2v) is 3.28. The molecule has 1 aromatic rings. The number of nitrogens with zero attached hydrogens (tertiary/aromatic N) is 1. The monoisotopic (exact) mass is 219 g/mol. The van der Waals surface area contributed by atoms with Crippen molar-refractivity contribution in [2.24, 2.45) is 0 Å². The van der Waals surface area contributed by atoms with E-state index in [1.165, 1.54) is 13.1 Å². The molecule has 0 heterocycles. The molecule has 1 aromatic carbocycles. The molecule has 0 atom stereocenters. The number of likely N-dealkylation sites (N-methyl/N-ethyl adjacent to an activating group) is 1. The minimum atomic E-state index is -0.229. The number of carbonyl (C=O) groups excluding carboxylic acids is 1. The number of amides is 1. The lowest BCUT2D eigenvalue weighted by Gasteiger charge is -2.08. The Balaban J connectivity index is 2.87. The summed E-state index contributed by atoms with van der Waals surface area (Å²) >= 11 is 0. The Bertz CT molecular complexity index is 449. The van der Waals surface area contributed by atoms with Crippen molar-refractivity contribution in [2.45, 2.75) is 6.92 Å². The van der Waals surface area contributed by atoms with Gasteiger partial charge >= 0.3 is 0 Å². The van der Waals surface area contributed by atoms with E-state index in [1.807, 2.05) is 6.07 Å². The minimum Gasteiger partial charge on any atom is -0.484 e. The topological polar surface area (TPSA) is 88.1 Å². The summed E-state index contributed by atoms with van der Waals surface area (Å²) in [6.07, 6.45) is 0. The summed E-state index contributed by atoms with van der Waals surface area (Å²) in [6.45, 7) is 1.70. The van der Waals surface area contributed by atoms with Crippen LogP contribution in [0.4, 0.5) is 5.69 Å². The number of hydrogen-bond acceptors (Lipinski definition) is 4. The fourth-order valence-electron chi connectivity index (χ4n) is 1.16. The van der Waals surface area contributed by atoms with Gasteiger partial charge in [0.1, 0.15) is 11.8 Å².